The Bertz CT molecular complexity index is 953. The first kappa shape index (κ1) is 14.9. The van der Waals surface area contributed by atoms with Gasteiger partial charge in [0.2, 0.25) is 0 Å². The lowest BCUT2D eigenvalue weighted by Gasteiger charge is -2.28. The van der Waals surface area contributed by atoms with Gasteiger partial charge in [-0.15, -0.1) is 5.10 Å². The first-order valence-electron chi connectivity index (χ1n) is 6.83. The molecule has 1 aliphatic rings. The van der Waals surface area contributed by atoms with Crippen LogP contribution in [-0.4, -0.2) is 25.1 Å². The van der Waals surface area contributed by atoms with Crippen LogP contribution >= 0.6 is 23.2 Å². The van der Waals surface area contributed by atoms with Gasteiger partial charge in [-0.05, 0) is 28.6 Å². The van der Waals surface area contributed by atoms with Crippen molar-refractivity contribution in [1.29, 1.82) is 0 Å². The van der Waals surface area contributed by atoms with Crippen LogP contribution in [0.3, 0.4) is 0 Å². The third-order valence-electron chi connectivity index (χ3n) is 3.76. The zero-order valence-corrected chi connectivity index (χ0v) is 13.4. The maximum absolute atomic E-state index is 11.0. The van der Waals surface area contributed by atoms with Crippen molar-refractivity contribution in [3.63, 3.8) is 0 Å². The van der Waals surface area contributed by atoms with Crippen molar-refractivity contribution >= 4 is 34.6 Å². The molecular formula is C14H8Cl2N6O2. The van der Waals surface area contributed by atoms with Crippen LogP contribution < -0.4 is 5.32 Å². The molecule has 120 valence electrons. The molecule has 4 rings (SSSR count). The number of nitro groups is 1. The Morgan fingerprint density at radius 3 is 2.67 bits per heavy atom. The standard InChI is InChI=1S/C14H8Cl2N6O2/c15-9-2-1-3-10(16)12(9)14-17-11-5-4-7(22(23)24)6-8(11)13-18-19-20-21(13)14/h1-6,14,17H. The molecule has 2 heterocycles. The first-order chi connectivity index (χ1) is 11.6. The number of benzene rings is 2. The number of nitro benzene ring substituents is 1. The van der Waals surface area contributed by atoms with Gasteiger partial charge in [0.1, 0.15) is 0 Å². The Hall–Kier alpha value is -2.71. The van der Waals surface area contributed by atoms with Crippen LogP contribution in [0.15, 0.2) is 36.4 Å². The minimum atomic E-state index is -0.523. The predicted molar refractivity (Wildman–Crippen MR) is 88.1 cm³/mol. The molecule has 1 aliphatic heterocycles. The number of non-ortho nitro benzene ring substituents is 1. The van der Waals surface area contributed by atoms with Crippen molar-refractivity contribution in [2.75, 3.05) is 5.32 Å². The van der Waals surface area contributed by atoms with Crippen LogP contribution in [-0.2, 0) is 0 Å². The van der Waals surface area contributed by atoms with E-state index < -0.39 is 11.1 Å². The van der Waals surface area contributed by atoms with Crippen LogP contribution in [0.4, 0.5) is 11.4 Å². The summed E-state index contributed by atoms with van der Waals surface area (Å²) in [5.74, 6) is 0.397. The van der Waals surface area contributed by atoms with E-state index in [1.807, 2.05) is 0 Å². The molecule has 0 saturated carbocycles. The Balaban J connectivity index is 1.90. The van der Waals surface area contributed by atoms with E-state index in [9.17, 15) is 10.1 Å². The summed E-state index contributed by atoms with van der Waals surface area (Å²) in [6.45, 7) is 0. The SMILES string of the molecule is O=[N+]([O-])c1ccc2c(c1)-c1nnnn1C(c1c(Cl)cccc1Cl)N2. The van der Waals surface area contributed by atoms with Gasteiger partial charge < -0.3 is 5.32 Å². The fourth-order valence-electron chi connectivity index (χ4n) is 2.68. The zero-order chi connectivity index (χ0) is 16.8. The van der Waals surface area contributed by atoms with Crippen LogP contribution in [0.5, 0.6) is 0 Å². The number of nitrogens with zero attached hydrogens (tertiary/aromatic N) is 5. The number of nitrogens with one attached hydrogen (secondary N) is 1. The van der Waals surface area contributed by atoms with Gasteiger partial charge >= 0.3 is 0 Å². The highest BCUT2D eigenvalue weighted by atomic mass is 35.5. The number of anilines is 1. The highest BCUT2D eigenvalue weighted by Crippen LogP contribution is 2.41. The quantitative estimate of drug-likeness (QED) is 0.552. The summed E-state index contributed by atoms with van der Waals surface area (Å²) >= 11 is 12.6. The highest BCUT2D eigenvalue weighted by molar-refractivity contribution is 6.36. The molecule has 1 atom stereocenters. The molecule has 10 heteroatoms. The molecule has 24 heavy (non-hydrogen) atoms. The van der Waals surface area contributed by atoms with E-state index in [0.717, 1.165) is 0 Å². The molecule has 3 aromatic rings. The molecule has 0 fully saturated rings. The molecule has 8 nitrogen and oxygen atoms in total. The zero-order valence-electron chi connectivity index (χ0n) is 11.8. The number of hydrogen-bond donors (Lipinski definition) is 1. The summed E-state index contributed by atoms with van der Waals surface area (Å²) in [6, 6.07) is 9.64. The Morgan fingerprint density at radius 2 is 1.96 bits per heavy atom. The molecule has 0 aliphatic carbocycles. The maximum atomic E-state index is 11.0. The second-order valence-electron chi connectivity index (χ2n) is 5.12. The van der Waals surface area contributed by atoms with Crippen molar-refractivity contribution in [2.24, 2.45) is 0 Å². The molecule has 2 aromatic carbocycles. The van der Waals surface area contributed by atoms with E-state index in [-0.39, 0.29) is 5.69 Å². The fraction of sp³-hybridized carbons (Fsp3) is 0.0714. The predicted octanol–water partition coefficient (Wildman–Crippen LogP) is 3.53. The Morgan fingerprint density at radius 1 is 1.21 bits per heavy atom. The molecule has 0 radical (unpaired) electrons. The van der Waals surface area contributed by atoms with Crippen LogP contribution in [0.2, 0.25) is 10.0 Å². The summed E-state index contributed by atoms with van der Waals surface area (Å²) in [5.41, 5.74) is 1.77. The lowest BCUT2D eigenvalue weighted by atomic mass is 10.1. The number of hydrogen-bond acceptors (Lipinski definition) is 6. The van der Waals surface area contributed by atoms with Crippen molar-refractivity contribution in [1.82, 2.24) is 20.2 Å². The molecule has 0 bridgehead atoms. The first-order valence-corrected chi connectivity index (χ1v) is 7.59. The van der Waals surface area contributed by atoms with Crippen molar-refractivity contribution in [3.8, 4) is 11.4 Å². The third-order valence-corrected chi connectivity index (χ3v) is 4.42. The average molecular weight is 363 g/mol. The van der Waals surface area contributed by atoms with Crippen LogP contribution in [0.25, 0.3) is 11.4 Å². The van der Waals surface area contributed by atoms with E-state index in [1.54, 1.807) is 24.3 Å². The fourth-order valence-corrected chi connectivity index (χ4v) is 3.28. The van der Waals surface area contributed by atoms with E-state index in [0.29, 0.717) is 32.7 Å². The van der Waals surface area contributed by atoms with E-state index in [4.69, 9.17) is 23.2 Å². The second-order valence-corrected chi connectivity index (χ2v) is 5.93. The molecule has 0 spiro atoms. The minimum absolute atomic E-state index is 0.0423. The normalized spacial score (nSPS) is 15.3. The van der Waals surface area contributed by atoms with Crippen molar-refractivity contribution in [2.45, 2.75) is 6.17 Å². The number of rotatable bonds is 2. The van der Waals surface area contributed by atoms with E-state index in [1.165, 1.54) is 16.8 Å². The Kier molecular flexibility index (Phi) is 3.36. The summed E-state index contributed by atoms with van der Waals surface area (Å²) < 4.78 is 1.50. The van der Waals surface area contributed by atoms with Gasteiger partial charge in [-0.1, -0.05) is 29.3 Å². The van der Waals surface area contributed by atoms with Crippen molar-refractivity contribution in [3.05, 3.63) is 62.1 Å². The van der Waals surface area contributed by atoms with E-state index >= 15 is 0 Å². The van der Waals surface area contributed by atoms with Gasteiger partial charge in [0.25, 0.3) is 5.69 Å². The molecule has 0 amide bonds. The van der Waals surface area contributed by atoms with Gasteiger partial charge in [0.15, 0.2) is 12.0 Å². The third kappa shape index (κ3) is 2.19. The highest BCUT2D eigenvalue weighted by Gasteiger charge is 2.31. The number of tetrazole rings is 1. The summed E-state index contributed by atoms with van der Waals surface area (Å²) in [6.07, 6.45) is -0.523. The van der Waals surface area contributed by atoms with Crippen LogP contribution in [0.1, 0.15) is 11.7 Å². The largest absolute Gasteiger partial charge is 0.359 e. The summed E-state index contributed by atoms with van der Waals surface area (Å²) in [7, 11) is 0. The summed E-state index contributed by atoms with van der Waals surface area (Å²) in [4.78, 5) is 10.5. The van der Waals surface area contributed by atoms with Crippen molar-refractivity contribution < 1.29 is 4.92 Å². The van der Waals surface area contributed by atoms with Gasteiger partial charge in [-0.2, -0.15) is 4.68 Å². The molecule has 1 unspecified atom stereocenters. The smallest absolute Gasteiger partial charge is 0.270 e. The molecular weight excluding hydrogens is 355 g/mol. The Labute approximate surface area is 145 Å². The molecule has 1 aromatic heterocycles. The number of aromatic nitrogens is 4. The van der Waals surface area contributed by atoms with E-state index in [2.05, 4.69) is 20.8 Å². The second kappa shape index (κ2) is 5.43. The van der Waals surface area contributed by atoms with Crippen LogP contribution in [0, 0.1) is 10.1 Å². The minimum Gasteiger partial charge on any atom is -0.359 e. The van der Waals surface area contributed by atoms with Gasteiger partial charge in [-0.3, -0.25) is 10.1 Å². The average Bonchev–Trinajstić information content (AvgIpc) is 3.04. The lowest BCUT2D eigenvalue weighted by molar-refractivity contribution is -0.384. The lowest BCUT2D eigenvalue weighted by Crippen LogP contribution is -2.26. The molecule has 0 saturated heterocycles. The number of halogens is 2. The van der Waals surface area contributed by atoms with Gasteiger partial charge in [0.05, 0.1) is 10.5 Å². The topological polar surface area (TPSA) is 98.8 Å². The monoisotopic (exact) mass is 362 g/mol. The molecule has 1 N–H and O–H groups in total. The summed E-state index contributed by atoms with van der Waals surface area (Å²) in [5, 5.41) is 26.8. The van der Waals surface area contributed by atoms with Gasteiger partial charge in [0, 0.05) is 33.4 Å². The maximum Gasteiger partial charge on any atom is 0.270 e. The number of fused-ring (bicyclic) bond motifs is 3. The van der Waals surface area contributed by atoms with Gasteiger partial charge in [-0.25, -0.2) is 0 Å².